The molecule has 48 heavy (non-hydrogen) atoms. The number of fused-ring (bicyclic) bond motifs is 5. The number of esters is 1. The SMILES string of the molecule is CCCCCCCCCCCCCCCC(=O)O[C@H]1CC[C@@]2(C)C(=CC(=O)[C@H]3[C@@H]4CC[C@H]([C@H](C)CC[C@@H](CC)C(C)C)[C@@]4(C)CC[C@@H]32)C1. The van der Waals surface area contributed by atoms with Crippen molar-refractivity contribution in [1.29, 1.82) is 0 Å². The van der Waals surface area contributed by atoms with Gasteiger partial charge in [0.15, 0.2) is 5.78 Å². The molecule has 0 bridgehead atoms. The van der Waals surface area contributed by atoms with Gasteiger partial charge in [-0.2, -0.15) is 0 Å². The lowest BCUT2D eigenvalue weighted by atomic mass is 9.46. The van der Waals surface area contributed by atoms with Gasteiger partial charge in [0.25, 0.3) is 0 Å². The minimum atomic E-state index is -0.0495. The van der Waals surface area contributed by atoms with Gasteiger partial charge in [-0.15, -0.1) is 0 Å². The van der Waals surface area contributed by atoms with Crippen LogP contribution in [0.4, 0.5) is 0 Å². The van der Waals surface area contributed by atoms with E-state index in [1.807, 2.05) is 0 Å². The summed E-state index contributed by atoms with van der Waals surface area (Å²) in [5.41, 5.74) is 1.69. The van der Waals surface area contributed by atoms with Crippen molar-refractivity contribution in [1.82, 2.24) is 0 Å². The van der Waals surface area contributed by atoms with E-state index in [0.717, 1.165) is 55.8 Å². The number of carbonyl (C=O) groups is 2. The Bertz CT molecular complexity index is 1030. The van der Waals surface area contributed by atoms with Gasteiger partial charge in [-0.25, -0.2) is 0 Å². The molecule has 0 N–H and O–H groups in total. The fourth-order valence-electron chi connectivity index (χ4n) is 11.7. The number of hydrogen-bond donors (Lipinski definition) is 0. The zero-order valence-electron chi connectivity index (χ0n) is 32.9. The Morgan fingerprint density at radius 1 is 0.792 bits per heavy atom. The second-order valence-corrected chi connectivity index (χ2v) is 18.3. The van der Waals surface area contributed by atoms with Crippen molar-refractivity contribution in [3.63, 3.8) is 0 Å². The second-order valence-electron chi connectivity index (χ2n) is 18.3. The van der Waals surface area contributed by atoms with Crippen molar-refractivity contribution >= 4 is 11.8 Å². The molecule has 3 saturated carbocycles. The highest BCUT2D eigenvalue weighted by Gasteiger charge is 2.61. The smallest absolute Gasteiger partial charge is 0.306 e. The molecular weight excluding hydrogens is 588 g/mol. The van der Waals surface area contributed by atoms with Crippen molar-refractivity contribution in [2.24, 2.45) is 52.3 Å². The lowest BCUT2D eigenvalue weighted by molar-refractivity contribution is -0.152. The third-order valence-corrected chi connectivity index (χ3v) is 14.9. The van der Waals surface area contributed by atoms with E-state index >= 15 is 0 Å². The number of carbonyl (C=O) groups excluding carboxylic acids is 2. The molecule has 0 aliphatic heterocycles. The molecule has 0 radical (unpaired) electrons. The van der Waals surface area contributed by atoms with Crippen LogP contribution in [0.1, 0.15) is 203 Å². The quantitative estimate of drug-likeness (QED) is 0.0904. The summed E-state index contributed by atoms with van der Waals surface area (Å²) in [6.07, 6.45) is 31.4. The van der Waals surface area contributed by atoms with Crippen molar-refractivity contribution in [2.45, 2.75) is 209 Å². The Hall–Kier alpha value is -1.12. The molecule has 9 atom stereocenters. The predicted octanol–water partition coefficient (Wildman–Crippen LogP) is 13.2. The van der Waals surface area contributed by atoms with E-state index in [2.05, 4.69) is 54.5 Å². The molecule has 0 unspecified atom stereocenters. The molecule has 0 spiro atoms. The van der Waals surface area contributed by atoms with Crippen LogP contribution >= 0.6 is 0 Å². The molecule has 4 aliphatic carbocycles. The molecule has 0 heterocycles. The van der Waals surface area contributed by atoms with E-state index in [-0.39, 0.29) is 23.4 Å². The first kappa shape index (κ1) is 39.7. The zero-order valence-corrected chi connectivity index (χ0v) is 32.9. The van der Waals surface area contributed by atoms with Crippen LogP contribution in [-0.4, -0.2) is 17.9 Å². The third-order valence-electron chi connectivity index (χ3n) is 14.9. The predicted molar refractivity (Wildman–Crippen MR) is 203 cm³/mol. The molecule has 0 aromatic heterocycles. The van der Waals surface area contributed by atoms with Gasteiger partial charge in [0.1, 0.15) is 6.10 Å². The first-order valence-electron chi connectivity index (χ1n) is 21.5. The maximum absolute atomic E-state index is 14.0. The summed E-state index contributed by atoms with van der Waals surface area (Å²) in [7, 11) is 0. The van der Waals surface area contributed by atoms with Gasteiger partial charge in [0.2, 0.25) is 0 Å². The minimum absolute atomic E-state index is 0.0227. The van der Waals surface area contributed by atoms with Gasteiger partial charge in [-0.3, -0.25) is 9.59 Å². The highest BCUT2D eigenvalue weighted by Crippen LogP contribution is 2.66. The number of ether oxygens (including phenoxy) is 1. The maximum atomic E-state index is 14.0. The Morgan fingerprint density at radius 2 is 1.42 bits per heavy atom. The summed E-state index contributed by atoms with van der Waals surface area (Å²) < 4.78 is 6.06. The fraction of sp³-hybridized carbons (Fsp3) is 0.911. The van der Waals surface area contributed by atoms with Crippen LogP contribution in [0.2, 0.25) is 0 Å². The van der Waals surface area contributed by atoms with Gasteiger partial charge >= 0.3 is 5.97 Å². The Labute approximate surface area is 298 Å². The average Bonchev–Trinajstić information content (AvgIpc) is 3.41. The van der Waals surface area contributed by atoms with Gasteiger partial charge < -0.3 is 4.74 Å². The fourth-order valence-corrected chi connectivity index (χ4v) is 11.7. The van der Waals surface area contributed by atoms with Gasteiger partial charge in [0.05, 0.1) is 0 Å². The van der Waals surface area contributed by atoms with Gasteiger partial charge in [-0.1, -0.05) is 144 Å². The number of ketones is 1. The monoisotopic (exact) mass is 667 g/mol. The largest absolute Gasteiger partial charge is 0.462 e. The van der Waals surface area contributed by atoms with Crippen LogP contribution in [0.3, 0.4) is 0 Å². The number of allylic oxidation sites excluding steroid dienone is 1. The molecule has 4 rings (SSSR count). The third kappa shape index (κ3) is 9.80. The van der Waals surface area contributed by atoms with Crippen LogP contribution < -0.4 is 0 Å². The Kier molecular flexibility index (Phi) is 15.6. The standard InChI is InChI=1S/C45H78O3/c1-8-10-11-12-13-14-15-16-17-18-19-20-21-22-42(47)48-37-27-29-44(6)36(31-37)32-41(46)43-39-26-25-38(45(39,7)30-28-40(43)44)34(5)23-24-35(9-2)33(3)4/h32-35,37-40,43H,8-31H2,1-7H3/t34-,35-,37+,38-,39+,40+,43+,44+,45-/m1/s1. The molecule has 3 heteroatoms. The molecule has 276 valence electrons. The summed E-state index contributed by atoms with van der Waals surface area (Å²) in [6.45, 7) is 17.0. The summed E-state index contributed by atoms with van der Waals surface area (Å²) in [6, 6.07) is 0. The van der Waals surface area contributed by atoms with Crippen LogP contribution in [0, 0.1) is 52.3 Å². The Morgan fingerprint density at radius 3 is 2.02 bits per heavy atom. The van der Waals surface area contributed by atoms with Crippen LogP contribution in [0.25, 0.3) is 0 Å². The molecule has 0 saturated heterocycles. The Balaban J connectivity index is 1.20. The highest BCUT2D eigenvalue weighted by atomic mass is 16.5. The molecular formula is C45H78O3. The molecule has 0 aromatic rings. The first-order valence-corrected chi connectivity index (χ1v) is 21.5. The second kappa shape index (κ2) is 18.9. The van der Waals surface area contributed by atoms with Gasteiger partial charge in [-0.05, 0) is 104 Å². The normalized spacial score (nSPS) is 32.7. The summed E-state index contributed by atoms with van der Waals surface area (Å²) in [5, 5.41) is 0. The van der Waals surface area contributed by atoms with Crippen molar-refractivity contribution in [2.75, 3.05) is 0 Å². The van der Waals surface area contributed by atoms with Crippen LogP contribution in [0.5, 0.6) is 0 Å². The van der Waals surface area contributed by atoms with Crippen molar-refractivity contribution in [3.8, 4) is 0 Å². The summed E-state index contributed by atoms with van der Waals surface area (Å²) in [5.74, 6) is 4.69. The van der Waals surface area contributed by atoms with Crippen LogP contribution in [0.15, 0.2) is 11.6 Å². The topological polar surface area (TPSA) is 43.4 Å². The van der Waals surface area contributed by atoms with Gasteiger partial charge in [0, 0.05) is 18.8 Å². The van der Waals surface area contributed by atoms with E-state index in [1.165, 1.54) is 121 Å². The van der Waals surface area contributed by atoms with E-state index in [9.17, 15) is 9.59 Å². The van der Waals surface area contributed by atoms with E-state index in [1.54, 1.807) is 0 Å². The van der Waals surface area contributed by atoms with Crippen molar-refractivity contribution < 1.29 is 14.3 Å². The molecule has 4 aliphatic rings. The number of unbranched alkanes of at least 4 members (excludes halogenated alkanes) is 12. The number of hydrogen-bond acceptors (Lipinski definition) is 3. The molecule has 0 amide bonds. The van der Waals surface area contributed by atoms with Crippen molar-refractivity contribution in [3.05, 3.63) is 11.6 Å². The van der Waals surface area contributed by atoms with Crippen LogP contribution in [-0.2, 0) is 14.3 Å². The van der Waals surface area contributed by atoms with E-state index in [4.69, 9.17) is 4.74 Å². The van der Waals surface area contributed by atoms with E-state index < -0.39 is 0 Å². The summed E-state index contributed by atoms with van der Waals surface area (Å²) >= 11 is 0. The lowest BCUT2D eigenvalue weighted by Crippen LogP contribution is -2.53. The zero-order chi connectivity index (χ0) is 34.7. The maximum Gasteiger partial charge on any atom is 0.306 e. The molecule has 0 aromatic carbocycles. The summed E-state index contributed by atoms with van der Waals surface area (Å²) in [4.78, 5) is 26.8. The average molecular weight is 667 g/mol. The number of rotatable bonds is 21. The first-order chi connectivity index (χ1) is 23.0. The lowest BCUT2D eigenvalue weighted by Gasteiger charge is -2.57. The van der Waals surface area contributed by atoms with E-state index in [0.29, 0.717) is 29.5 Å². The minimum Gasteiger partial charge on any atom is -0.462 e. The molecule has 3 fully saturated rings. The molecule has 3 nitrogen and oxygen atoms in total. The highest BCUT2D eigenvalue weighted by molar-refractivity contribution is 5.94.